The maximum Gasteiger partial charge on any atom is 0.307 e. The van der Waals surface area contributed by atoms with Crippen molar-refractivity contribution in [3.8, 4) is 0 Å². The van der Waals surface area contributed by atoms with Gasteiger partial charge >= 0.3 is 5.97 Å². The molecule has 21 heavy (non-hydrogen) atoms. The minimum Gasteiger partial charge on any atom is -0.469 e. The predicted molar refractivity (Wildman–Crippen MR) is 86.3 cm³/mol. The molecule has 1 aromatic carbocycles. The molecule has 0 spiro atoms. The van der Waals surface area contributed by atoms with Crippen molar-refractivity contribution in [2.75, 3.05) is 20.2 Å². The lowest BCUT2D eigenvalue weighted by Crippen LogP contribution is -2.36. The maximum atomic E-state index is 12.7. The standard InChI is InChI=1S/C16H22BrNO3/c1-11(2)10-18(8-7-15(19)21-4)16(20)14-9-13(17)6-5-12(14)3/h5-6,9,11H,7-8,10H2,1-4H3. The lowest BCUT2D eigenvalue weighted by molar-refractivity contribution is -0.140. The number of ether oxygens (including phenoxy) is 1. The van der Waals surface area contributed by atoms with Crippen molar-refractivity contribution in [1.82, 2.24) is 4.90 Å². The predicted octanol–water partition coefficient (Wildman–Crippen LogP) is 3.42. The molecule has 1 aromatic rings. The van der Waals surface area contributed by atoms with Gasteiger partial charge in [-0.05, 0) is 30.5 Å². The first-order valence-electron chi connectivity index (χ1n) is 6.97. The molecule has 1 rings (SSSR count). The molecule has 0 aromatic heterocycles. The minimum absolute atomic E-state index is 0.0496. The van der Waals surface area contributed by atoms with Crippen LogP contribution >= 0.6 is 15.9 Å². The fourth-order valence-corrected chi connectivity index (χ4v) is 2.40. The fourth-order valence-electron chi connectivity index (χ4n) is 2.04. The van der Waals surface area contributed by atoms with E-state index in [0.29, 0.717) is 24.6 Å². The van der Waals surface area contributed by atoms with Gasteiger partial charge in [0.05, 0.1) is 13.5 Å². The highest BCUT2D eigenvalue weighted by Gasteiger charge is 2.20. The van der Waals surface area contributed by atoms with Crippen molar-refractivity contribution in [3.05, 3.63) is 33.8 Å². The van der Waals surface area contributed by atoms with Gasteiger partial charge in [0.15, 0.2) is 0 Å². The highest BCUT2D eigenvalue weighted by molar-refractivity contribution is 9.10. The van der Waals surface area contributed by atoms with Crippen LogP contribution in [0.1, 0.15) is 36.2 Å². The molecular formula is C16H22BrNO3. The second-order valence-electron chi connectivity index (χ2n) is 5.43. The average molecular weight is 356 g/mol. The van der Waals surface area contributed by atoms with E-state index in [1.54, 1.807) is 4.90 Å². The molecular weight excluding hydrogens is 334 g/mol. The van der Waals surface area contributed by atoms with E-state index in [-0.39, 0.29) is 18.3 Å². The molecule has 1 amide bonds. The summed E-state index contributed by atoms with van der Waals surface area (Å²) < 4.78 is 5.52. The van der Waals surface area contributed by atoms with Gasteiger partial charge in [0.2, 0.25) is 0 Å². The highest BCUT2D eigenvalue weighted by atomic mass is 79.9. The number of hydrogen-bond acceptors (Lipinski definition) is 3. The van der Waals surface area contributed by atoms with Crippen LogP contribution in [-0.4, -0.2) is 37.0 Å². The molecule has 0 aliphatic carbocycles. The van der Waals surface area contributed by atoms with E-state index < -0.39 is 0 Å². The van der Waals surface area contributed by atoms with E-state index in [1.807, 2.05) is 39.0 Å². The molecule has 0 aliphatic rings. The number of halogens is 1. The topological polar surface area (TPSA) is 46.6 Å². The van der Waals surface area contributed by atoms with Crippen molar-refractivity contribution >= 4 is 27.8 Å². The van der Waals surface area contributed by atoms with Crippen molar-refractivity contribution in [2.24, 2.45) is 5.92 Å². The quantitative estimate of drug-likeness (QED) is 0.734. The Hall–Kier alpha value is -1.36. The van der Waals surface area contributed by atoms with Gasteiger partial charge < -0.3 is 9.64 Å². The SMILES string of the molecule is COC(=O)CCN(CC(C)C)C(=O)c1cc(Br)ccc1C. The van der Waals surface area contributed by atoms with E-state index >= 15 is 0 Å². The third-order valence-corrected chi connectivity index (χ3v) is 3.61. The summed E-state index contributed by atoms with van der Waals surface area (Å²) in [5, 5.41) is 0. The molecule has 116 valence electrons. The average Bonchev–Trinajstić information content (AvgIpc) is 2.44. The number of rotatable bonds is 6. The van der Waals surface area contributed by atoms with Crippen LogP contribution in [0.4, 0.5) is 0 Å². The Morgan fingerprint density at radius 1 is 1.33 bits per heavy atom. The smallest absolute Gasteiger partial charge is 0.307 e. The number of carbonyl (C=O) groups is 2. The van der Waals surface area contributed by atoms with Crippen LogP contribution in [0.2, 0.25) is 0 Å². The first-order chi connectivity index (χ1) is 9.85. The zero-order valence-corrected chi connectivity index (χ0v) is 14.6. The van der Waals surface area contributed by atoms with E-state index in [9.17, 15) is 9.59 Å². The van der Waals surface area contributed by atoms with Gasteiger partial charge in [-0.15, -0.1) is 0 Å². The van der Waals surface area contributed by atoms with E-state index in [1.165, 1.54) is 7.11 Å². The van der Waals surface area contributed by atoms with Crippen LogP contribution in [-0.2, 0) is 9.53 Å². The molecule has 0 aliphatic heterocycles. The van der Waals surface area contributed by atoms with Gasteiger partial charge in [-0.2, -0.15) is 0 Å². The number of esters is 1. The van der Waals surface area contributed by atoms with E-state index in [0.717, 1.165) is 10.0 Å². The summed E-state index contributed by atoms with van der Waals surface area (Å²) in [7, 11) is 1.36. The van der Waals surface area contributed by atoms with Crippen molar-refractivity contribution in [1.29, 1.82) is 0 Å². The summed E-state index contributed by atoms with van der Waals surface area (Å²) in [6.45, 7) is 6.99. The fraction of sp³-hybridized carbons (Fsp3) is 0.500. The van der Waals surface area contributed by atoms with Gasteiger partial charge in [0, 0.05) is 23.1 Å². The Labute approximate surface area is 134 Å². The van der Waals surface area contributed by atoms with Gasteiger partial charge in [0.25, 0.3) is 5.91 Å². The Balaban J connectivity index is 2.93. The Morgan fingerprint density at radius 3 is 2.57 bits per heavy atom. The normalized spacial score (nSPS) is 10.6. The minimum atomic E-state index is -0.303. The van der Waals surface area contributed by atoms with Crippen LogP contribution in [0, 0.1) is 12.8 Å². The number of amides is 1. The maximum absolute atomic E-state index is 12.7. The Morgan fingerprint density at radius 2 is 2.00 bits per heavy atom. The van der Waals surface area contributed by atoms with Gasteiger partial charge in [-0.25, -0.2) is 0 Å². The van der Waals surface area contributed by atoms with Crippen LogP contribution in [0.5, 0.6) is 0 Å². The van der Waals surface area contributed by atoms with Gasteiger partial charge in [-0.3, -0.25) is 9.59 Å². The summed E-state index contributed by atoms with van der Waals surface area (Å²) in [4.78, 5) is 25.7. The molecule has 0 bridgehead atoms. The Bertz CT molecular complexity index is 514. The number of hydrogen-bond donors (Lipinski definition) is 0. The van der Waals surface area contributed by atoms with E-state index in [2.05, 4.69) is 20.7 Å². The van der Waals surface area contributed by atoms with Crippen molar-refractivity contribution in [2.45, 2.75) is 27.2 Å². The molecule has 0 unspecified atom stereocenters. The molecule has 0 fully saturated rings. The molecule has 0 saturated carbocycles. The second kappa shape index (κ2) is 8.17. The third-order valence-electron chi connectivity index (χ3n) is 3.12. The monoisotopic (exact) mass is 355 g/mol. The van der Waals surface area contributed by atoms with Crippen molar-refractivity contribution < 1.29 is 14.3 Å². The number of nitrogens with zero attached hydrogens (tertiary/aromatic N) is 1. The summed E-state index contributed by atoms with van der Waals surface area (Å²) in [6.07, 6.45) is 0.210. The molecule has 0 radical (unpaired) electrons. The third kappa shape index (κ3) is 5.50. The molecule has 0 atom stereocenters. The Kier molecular flexibility index (Phi) is 6.89. The molecule has 0 N–H and O–H groups in total. The zero-order valence-electron chi connectivity index (χ0n) is 13.0. The highest BCUT2D eigenvalue weighted by Crippen LogP contribution is 2.18. The van der Waals surface area contributed by atoms with Crippen LogP contribution in [0.25, 0.3) is 0 Å². The first-order valence-corrected chi connectivity index (χ1v) is 7.76. The van der Waals surface area contributed by atoms with Crippen LogP contribution in [0.15, 0.2) is 22.7 Å². The lowest BCUT2D eigenvalue weighted by Gasteiger charge is -2.25. The van der Waals surface area contributed by atoms with E-state index in [4.69, 9.17) is 0 Å². The van der Waals surface area contributed by atoms with Gasteiger partial charge in [0.1, 0.15) is 0 Å². The van der Waals surface area contributed by atoms with Crippen molar-refractivity contribution in [3.63, 3.8) is 0 Å². The molecule has 4 nitrogen and oxygen atoms in total. The lowest BCUT2D eigenvalue weighted by atomic mass is 10.1. The first kappa shape index (κ1) is 17.7. The zero-order chi connectivity index (χ0) is 16.0. The molecule has 5 heteroatoms. The van der Waals surface area contributed by atoms with Crippen LogP contribution in [0.3, 0.4) is 0 Å². The summed E-state index contributed by atoms with van der Waals surface area (Å²) in [5.41, 5.74) is 1.59. The van der Waals surface area contributed by atoms with Crippen LogP contribution < -0.4 is 0 Å². The second-order valence-corrected chi connectivity index (χ2v) is 6.35. The van der Waals surface area contributed by atoms with Gasteiger partial charge in [-0.1, -0.05) is 35.8 Å². The summed E-state index contributed by atoms with van der Waals surface area (Å²) >= 11 is 3.39. The number of aryl methyl sites for hydroxylation is 1. The number of benzene rings is 1. The number of methoxy groups -OCH3 is 1. The summed E-state index contributed by atoms with van der Waals surface area (Å²) in [5.74, 6) is -0.0204. The molecule has 0 saturated heterocycles. The molecule has 0 heterocycles. The number of carbonyl (C=O) groups excluding carboxylic acids is 2. The largest absolute Gasteiger partial charge is 0.469 e. The summed E-state index contributed by atoms with van der Waals surface area (Å²) in [6, 6.07) is 5.64.